The molecule has 7 heteroatoms. The minimum absolute atomic E-state index is 0.131. The van der Waals surface area contributed by atoms with Gasteiger partial charge in [0, 0.05) is 30.9 Å². The summed E-state index contributed by atoms with van der Waals surface area (Å²) in [6.07, 6.45) is 0. The van der Waals surface area contributed by atoms with E-state index in [-0.39, 0.29) is 17.5 Å². The Bertz CT molecular complexity index is 889. The molecule has 3 rings (SSSR count). The molecule has 2 aromatic heterocycles. The van der Waals surface area contributed by atoms with E-state index in [1.165, 1.54) is 12.1 Å². The maximum Gasteiger partial charge on any atom is 0.289 e. The van der Waals surface area contributed by atoms with Gasteiger partial charge in [0.05, 0.1) is 10.9 Å². The number of hydrogen-bond donors (Lipinski definition) is 1. The van der Waals surface area contributed by atoms with Gasteiger partial charge in [-0.05, 0) is 24.6 Å². The van der Waals surface area contributed by atoms with E-state index in [0.29, 0.717) is 6.54 Å². The summed E-state index contributed by atoms with van der Waals surface area (Å²) in [5, 5.41) is 5.67. The number of carbonyl (C=O) groups excluding carboxylic acids is 1. The van der Waals surface area contributed by atoms with Crippen LogP contribution in [0.25, 0.3) is 10.9 Å². The van der Waals surface area contributed by atoms with Gasteiger partial charge >= 0.3 is 0 Å². The van der Waals surface area contributed by atoms with Crippen molar-refractivity contribution >= 4 is 34.0 Å². The van der Waals surface area contributed by atoms with E-state index in [1.807, 2.05) is 31.3 Å². The van der Waals surface area contributed by atoms with Crippen molar-refractivity contribution in [2.75, 3.05) is 19.0 Å². The molecule has 2 heterocycles. The van der Waals surface area contributed by atoms with Gasteiger partial charge < -0.3 is 10.2 Å². The summed E-state index contributed by atoms with van der Waals surface area (Å²) in [6.45, 7) is 2.30. The summed E-state index contributed by atoms with van der Waals surface area (Å²) in [6, 6.07) is 5.99. The van der Waals surface area contributed by atoms with Crippen molar-refractivity contribution in [2.45, 2.75) is 13.5 Å². The first-order chi connectivity index (χ1) is 11.5. The van der Waals surface area contributed by atoms with Crippen LogP contribution in [0.3, 0.4) is 0 Å². The molecule has 5 nitrogen and oxygen atoms in total. The minimum Gasteiger partial charge on any atom is -0.362 e. The first-order valence-corrected chi connectivity index (χ1v) is 8.29. The molecule has 24 heavy (non-hydrogen) atoms. The van der Waals surface area contributed by atoms with Gasteiger partial charge in [-0.1, -0.05) is 12.1 Å². The molecular weight excluding hydrogens is 327 g/mol. The Morgan fingerprint density at radius 3 is 2.62 bits per heavy atom. The quantitative estimate of drug-likeness (QED) is 0.790. The van der Waals surface area contributed by atoms with Crippen molar-refractivity contribution in [3.8, 4) is 0 Å². The maximum atomic E-state index is 12.9. The highest BCUT2D eigenvalue weighted by Gasteiger charge is 2.17. The number of hydrogen-bond acceptors (Lipinski definition) is 5. The number of rotatable bonds is 4. The first-order valence-electron chi connectivity index (χ1n) is 7.41. The molecule has 0 fully saturated rings. The smallest absolute Gasteiger partial charge is 0.289 e. The number of amides is 1. The summed E-state index contributed by atoms with van der Waals surface area (Å²) in [7, 11) is 3.78. The second-order valence-corrected chi connectivity index (χ2v) is 6.71. The highest BCUT2D eigenvalue weighted by molar-refractivity contribution is 7.11. The number of aryl methyl sites for hydroxylation is 1. The molecule has 0 aliphatic carbocycles. The van der Waals surface area contributed by atoms with Crippen molar-refractivity contribution in [3.63, 3.8) is 0 Å². The highest BCUT2D eigenvalue weighted by atomic mass is 32.1. The number of nitrogens with zero attached hydrogens (tertiary/aromatic N) is 3. The third-order valence-corrected chi connectivity index (χ3v) is 4.51. The van der Waals surface area contributed by atoms with Crippen LogP contribution in [0.15, 0.2) is 29.6 Å². The lowest BCUT2D eigenvalue weighted by Gasteiger charge is -2.14. The summed E-state index contributed by atoms with van der Waals surface area (Å²) in [5.74, 6) is 0.201. The van der Waals surface area contributed by atoms with Crippen molar-refractivity contribution in [1.82, 2.24) is 15.3 Å². The van der Waals surface area contributed by atoms with Gasteiger partial charge in [0.2, 0.25) is 5.82 Å². The Balaban J connectivity index is 1.85. The summed E-state index contributed by atoms with van der Waals surface area (Å²) >= 11 is 1.58. The van der Waals surface area contributed by atoms with Gasteiger partial charge in [0.15, 0.2) is 0 Å². The topological polar surface area (TPSA) is 58.1 Å². The van der Waals surface area contributed by atoms with Crippen LogP contribution in [0.1, 0.15) is 21.1 Å². The molecule has 124 valence electrons. The number of fused-ring (bicyclic) bond motifs is 1. The maximum absolute atomic E-state index is 12.9. The number of aromatic nitrogens is 2. The number of thiophene rings is 1. The Morgan fingerprint density at radius 2 is 1.96 bits per heavy atom. The molecule has 1 amide bonds. The normalized spacial score (nSPS) is 10.8. The van der Waals surface area contributed by atoms with Crippen molar-refractivity contribution in [2.24, 2.45) is 0 Å². The van der Waals surface area contributed by atoms with Gasteiger partial charge in [-0.15, -0.1) is 11.3 Å². The average Bonchev–Trinajstić information content (AvgIpc) is 2.94. The van der Waals surface area contributed by atoms with Crippen LogP contribution in [-0.2, 0) is 6.54 Å². The predicted molar refractivity (Wildman–Crippen MR) is 94.0 cm³/mol. The molecule has 0 spiro atoms. The van der Waals surface area contributed by atoms with E-state index in [0.717, 1.165) is 27.2 Å². The number of carbonyl (C=O) groups is 1. The van der Waals surface area contributed by atoms with Gasteiger partial charge in [-0.25, -0.2) is 14.4 Å². The van der Waals surface area contributed by atoms with Crippen molar-refractivity contribution in [3.05, 3.63) is 51.7 Å². The molecule has 0 saturated carbocycles. The number of halogens is 1. The molecule has 0 bridgehead atoms. The lowest BCUT2D eigenvalue weighted by Crippen LogP contribution is -2.26. The van der Waals surface area contributed by atoms with Crippen LogP contribution in [-0.4, -0.2) is 30.0 Å². The van der Waals surface area contributed by atoms with E-state index < -0.39 is 0 Å². The summed E-state index contributed by atoms with van der Waals surface area (Å²) in [4.78, 5) is 24.2. The molecule has 0 aliphatic rings. The van der Waals surface area contributed by atoms with Gasteiger partial charge in [0.1, 0.15) is 11.6 Å². The standard InChI is InChI=1S/C17H17FN4OS/c1-10-14-13(9-24-10)20-15(21-16(14)22(2)3)17(23)19-8-11-4-6-12(18)7-5-11/h4-7,9H,8H2,1-3H3,(H,19,23). The van der Waals surface area contributed by atoms with Crippen LogP contribution in [0.5, 0.6) is 0 Å². The fourth-order valence-electron chi connectivity index (χ4n) is 2.38. The van der Waals surface area contributed by atoms with E-state index in [1.54, 1.807) is 23.5 Å². The Labute approximate surface area is 143 Å². The Kier molecular flexibility index (Phi) is 4.44. The zero-order chi connectivity index (χ0) is 17.3. The largest absolute Gasteiger partial charge is 0.362 e. The molecule has 1 aromatic carbocycles. The average molecular weight is 344 g/mol. The second-order valence-electron chi connectivity index (χ2n) is 5.63. The summed E-state index contributed by atoms with van der Waals surface area (Å²) in [5.41, 5.74) is 1.58. The second kappa shape index (κ2) is 6.52. The van der Waals surface area contributed by atoms with Crippen LogP contribution < -0.4 is 10.2 Å². The zero-order valence-corrected chi connectivity index (χ0v) is 14.4. The van der Waals surface area contributed by atoms with E-state index in [2.05, 4.69) is 15.3 Å². The third-order valence-electron chi connectivity index (χ3n) is 3.61. The fourth-order valence-corrected chi connectivity index (χ4v) is 3.15. The van der Waals surface area contributed by atoms with Crippen LogP contribution in [0, 0.1) is 12.7 Å². The van der Waals surface area contributed by atoms with Crippen molar-refractivity contribution < 1.29 is 9.18 Å². The molecular formula is C17H17FN4OS. The minimum atomic E-state index is -0.354. The summed E-state index contributed by atoms with van der Waals surface area (Å²) < 4.78 is 12.9. The molecule has 0 atom stereocenters. The SMILES string of the molecule is Cc1scc2nc(C(=O)NCc3ccc(F)cc3)nc(N(C)C)c12. The van der Waals surface area contributed by atoms with Gasteiger partial charge in [-0.2, -0.15) is 0 Å². The Morgan fingerprint density at radius 1 is 1.25 bits per heavy atom. The third kappa shape index (κ3) is 3.21. The Hall–Kier alpha value is -2.54. The number of nitrogens with one attached hydrogen (secondary N) is 1. The lowest BCUT2D eigenvalue weighted by atomic mass is 10.2. The number of anilines is 1. The van der Waals surface area contributed by atoms with Crippen molar-refractivity contribution in [1.29, 1.82) is 0 Å². The molecule has 0 aliphatic heterocycles. The first kappa shape index (κ1) is 16.3. The lowest BCUT2D eigenvalue weighted by molar-refractivity contribution is 0.0941. The predicted octanol–water partition coefficient (Wildman–Crippen LogP) is 3.13. The van der Waals surface area contributed by atoms with Gasteiger partial charge in [0.25, 0.3) is 5.91 Å². The fraction of sp³-hybridized carbons (Fsp3) is 0.235. The molecule has 0 saturated heterocycles. The zero-order valence-electron chi connectivity index (χ0n) is 13.6. The van der Waals surface area contributed by atoms with Crippen LogP contribution in [0.2, 0.25) is 0 Å². The van der Waals surface area contributed by atoms with E-state index in [9.17, 15) is 9.18 Å². The number of benzene rings is 1. The molecule has 3 aromatic rings. The van der Waals surface area contributed by atoms with E-state index >= 15 is 0 Å². The monoisotopic (exact) mass is 344 g/mol. The van der Waals surface area contributed by atoms with Crippen LogP contribution in [0.4, 0.5) is 10.2 Å². The molecule has 0 unspecified atom stereocenters. The molecule has 0 radical (unpaired) electrons. The van der Waals surface area contributed by atoms with E-state index in [4.69, 9.17) is 0 Å². The molecule has 1 N–H and O–H groups in total. The van der Waals surface area contributed by atoms with Gasteiger partial charge in [-0.3, -0.25) is 4.79 Å². The van der Waals surface area contributed by atoms with Crippen LogP contribution >= 0.6 is 11.3 Å². The highest BCUT2D eigenvalue weighted by Crippen LogP contribution is 2.30.